The Morgan fingerprint density at radius 3 is 0.762 bits per heavy atom. The zero-order chi connectivity index (χ0) is 72.9. The Kier molecular flexibility index (Phi) is 77.2. The van der Waals surface area contributed by atoms with E-state index in [1.54, 1.807) is 0 Å². The predicted octanol–water partition coefficient (Wildman–Crippen LogP) is 26.9. The van der Waals surface area contributed by atoms with Crippen LogP contribution in [0, 0.1) is 0 Å². The fourth-order valence-corrected chi connectivity index (χ4v) is 10.5. The molecule has 0 bridgehead atoms. The molecule has 0 fully saturated rings. The smallest absolute Gasteiger partial charge is 0.462 e. The van der Waals surface area contributed by atoms with E-state index in [0.29, 0.717) is 12.8 Å². The van der Waals surface area contributed by atoms with Gasteiger partial charge in [0.15, 0.2) is 6.10 Å². The molecule has 562 valence electrons. The largest absolute Gasteiger partial charge is 0.472 e. The number of ether oxygens (including phenoxy) is 2. The van der Waals surface area contributed by atoms with Crippen LogP contribution >= 0.6 is 7.82 Å². The summed E-state index contributed by atoms with van der Waals surface area (Å²) in [5.74, 6) is -0.877. The molecule has 0 spiro atoms. The predicted molar refractivity (Wildman–Crippen MR) is 440 cm³/mol. The molecule has 0 rings (SSSR count). The van der Waals surface area contributed by atoms with E-state index in [2.05, 4.69) is 269 Å². The van der Waals surface area contributed by atoms with Crippen molar-refractivity contribution in [3.63, 3.8) is 0 Å². The zero-order valence-electron chi connectivity index (χ0n) is 63.3. The van der Waals surface area contributed by atoms with Crippen molar-refractivity contribution in [1.29, 1.82) is 0 Å². The van der Waals surface area contributed by atoms with Crippen LogP contribution < -0.4 is 5.73 Å². The van der Waals surface area contributed by atoms with Gasteiger partial charge in [-0.2, -0.15) is 0 Å². The molecule has 3 N–H and O–H groups in total. The van der Waals surface area contributed by atoms with Crippen molar-refractivity contribution < 1.29 is 37.6 Å². The highest BCUT2D eigenvalue weighted by molar-refractivity contribution is 7.47. The third-order valence-corrected chi connectivity index (χ3v) is 16.4. The number of esters is 2. The van der Waals surface area contributed by atoms with Crippen LogP contribution in [0.2, 0.25) is 0 Å². The van der Waals surface area contributed by atoms with Gasteiger partial charge >= 0.3 is 19.8 Å². The Bertz CT molecular complexity index is 2620. The number of rotatable bonds is 70. The maximum Gasteiger partial charge on any atom is 0.472 e. The van der Waals surface area contributed by atoms with E-state index < -0.39 is 32.5 Å². The number of carbonyl (C=O) groups is 2. The molecule has 2 unspecified atom stereocenters. The molecule has 0 radical (unpaired) electrons. The number of nitrogens with two attached hydrogens (primary N) is 1. The van der Waals surface area contributed by atoms with Gasteiger partial charge in [0.1, 0.15) is 6.61 Å². The summed E-state index contributed by atoms with van der Waals surface area (Å²) in [6, 6.07) is 0. The molecule has 0 aromatic heterocycles. The second-order valence-corrected chi connectivity index (χ2v) is 26.2. The van der Waals surface area contributed by atoms with E-state index >= 15 is 0 Å². The van der Waals surface area contributed by atoms with Gasteiger partial charge < -0.3 is 20.1 Å². The van der Waals surface area contributed by atoms with Gasteiger partial charge in [0, 0.05) is 19.4 Å². The van der Waals surface area contributed by atoms with E-state index in [9.17, 15) is 19.0 Å². The molecule has 0 heterocycles. The lowest BCUT2D eigenvalue weighted by atomic mass is 10.0. The van der Waals surface area contributed by atoms with Crippen molar-refractivity contribution in [3.05, 3.63) is 255 Å². The molecule has 9 nitrogen and oxygen atoms in total. The monoisotopic (exact) mass is 1410 g/mol. The summed E-state index contributed by atoms with van der Waals surface area (Å²) in [6.07, 6.45) is 132. The van der Waals surface area contributed by atoms with Crippen molar-refractivity contribution in [1.82, 2.24) is 0 Å². The first-order valence-corrected chi connectivity index (χ1v) is 40.7. The SMILES string of the molecule is CC/C=C\C/C=C\C/C=C\C/C=C\C/C=C\C/C=C\C/C=C\C/C=C\C/C=C\C/C=C\C/C=C\C/C=C\CCCCCCC(=O)OC(COC(=O)CCCCCCCCCCCCC/C=C\C/C=C\C/C=C\C/C=C\C/C=C\C/C=C\C/C=C\C/C=C\C/C=C\CC)COP(=O)(O)OCCN. The normalized spacial score (nSPS) is 14.3. The molecule has 2 atom stereocenters. The van der Waals surface area contributed by atoms with Crippen LogP contribution in [0.15, 0.2) is 255 Å². The Labute approximate surface area is 618 Å². The summed E-state index contributed by atoms with van der Waals surface area (Å²) >= 11 is 0. The standard InChI is InChI=1S/C91H140NO8P/c1-3-5-7-9-11-13-15-17-19-21-23-25-27-29-31-33-35-37-39-41-43-44-46-48-50-52-54-56-58-60-62-64-66-68-70-72-74-76-78-80-82-84-91(94)100-89(88-99-101(95,96)98-86-85-92)87-97-90(93)83-81-79-77-75-73-71-69-67-65-63-61-59-57-55-53-51-49-47-45-42-40-38-36-34-32-30-28-26-24-22-20-18-16-14-12-10-8-6-4-2/h5-8,11-14,17-20,23-26,29-32,35-38,41-43,45-46,48-49,51-52,54-55,57-58,60,64,66,70,72,89H,3-4,9-10,15-16,21-22,27-28,33-34,39-40,44,47,50,53,56,59,61-63,65,67-69,71,73-88,92H2,1-2H3,(H,95,96)/b7-5-,8-6-,13-11-,14-12-,19-17-,20-18-,25-23-,26-24-,31-29-,32-30-,37-35-,38-36-,43-41-,45-42-,48-46-,51-49-,54-52-,57-55-,60-58-,66-64-,72-70-. The minimum absolute atomic E-state index is 0.0356. The van der Waals surface area contributed by atoms with Crippen molar-refractivity contribution in [3.8, 4) is 0 Å². The van der Waals surface area contributed by atoms with Gasteiger partial charge in [-0.1, -0.05) is 340 Å². The summed E-state index contributed by atoms with van der Waals surface area (Å²) in [5, 5.41) is 0. The molecule has 0 saturated carbocycles. The minimum Gasteiger partial charge on any atom is -0.462 e. The molecule has 101 heavy (non-hydrogen) atoms. The van der Waals surface area contributed by atoms with Crippen molar-refractivity contribution in [2.75, 3.05) is 26.4 Å². The topological polar surface area (TPSA) is 134 Å². The molecule has 0 aliphatic rings. The van der Waals surface area contributed by atoms with E-state index in [0.717, 1.165) is 186 Å². The van der Waals surface area contributed by atoms with Crippen LogP contribution in [0.3, 0.4) is 0 Å². The average molecular weight is 1410 g/mol. The summed E-state index contributed by atoms with van der Waals surface area (Å²) in [5.41, 5.74) is 5.41. The Morgan fingerprint density at radius 2 is 0.515 bits per heavy atom. The van der Waals surface area contributed by atoms with Gasteiger partial charge in [0.05, 0.1) is 13.2 Å². The Hall–Kier alpha value is -6.45. The second kappa shape index (κ2) is 82.5. The number of carbonyl (C=O) groups excluding carboxylic acids is 2. The van der Waals surface area contributed by atoms with E-state index in [1.807, 2.05) is 0 Å². The summed E-state index contributed by atoms with van der Waals surface area (Å²) in [7, 11) is -4.42. The summed E-state index contributed by atoms with van der Waals surface area (Å²) in [6.45, 7) is 3.46. The molecule has 0 amide bonds. The van der Waals surface area contributed by atoms with Crippen LogP contribution in [0.4, 0.5) is 0 Å². The highest BCUT2D eigenvalue weighted by atomic mass is 31.2. The van der Waals surface area contributed by atoms with Gasteiger partial charge in [0.25, 0.3) is 0 Å². The maximum atomic E-state index is 12.8. The first-order chi connectivity index (χ1) is 49.8. The van der Waals surface area contributed by atoms with Crippen molar-refractivity contribution in [2.45, 2.75) is 277 Å². The van der Waals surface area contributed by atoms with Crippen LogP contribution in [0.25, 0.3) is 0 Å². The van der Waals surface area contributed by atoms with Crippen LogP contribution in [0.1, 0.15) is 271 Å². The lowest BCUT2D eigenvalue weighted by Crippen LogP contribution is -2.29. The number of allylic oxidation sites excluding steroid dienone is 42. The van der Waals surface area contributed by atoms with E-state index in [4.69, 9.17) is 24.3 Å². The molecular formula is C91H140NO8P. The van der Waals surface area contributed by atoms with Gasteiger partial charge in [-0.15, -0.1) is 0 Å². The zero-order valence-corrected chi connectivity index (χ0v) is 64.2. The molecule has 0 aromatic rings. The molecule has 0 aromatic carbocycles. The van der Waals surface area contributed by atoms with Crippen molar-refractivity contribution in [2.24, 2.45) is 5.73 Å². The van der Waals surface area contributed by atoms with Crippen LogP contribution in [-0.4, -0.2) is 49.3 Å². The lowest BCUT2D eigenvalue weighted by molar-refractivity contribution is -0.161. The third kappa shape index (κ3) is 82.4. The molecular weight excluding hydrogens is 1270 g/mol. The van der Waals surface area contributed by atoms with E-state index in [1.165, 1.54) is 44.9 Å². The summed E-state index contributed by atoms with van der Waals surface area (Å²) < 4.78 is 33.2. The quantitative estimate of drug-likeness (QED) is 0.0264. The van der Waals surface area contributed by atoms with Crippen LogP contribution in [-0.2, 0) is 32.7 Å². The highest BCUT2D eigenvalue weighted by Crippen LogP contribution is 2.43. The number of phosphoric ester groups is 1. The van der Waals surface area contributed by atoms with Gasteiger partial charge in [-0.3, -0.25) is 18.6 Å². The van der Waals surface area contributed by atoms with Gasteiger partial charge in [0.2, 0.25) is 0 Å². The first kappa shape index (κ1) is 94.6. The average Bonchev–Trinajstić information content (AvgIpc) is 1.04. The first-order valence-electron chi connectivity index (χ1n) is 39.2. The third-order valence-electron chi connectivity index (χ3n) is 15.4. The van der Waals surface area contributed by atoms with Crippen LogP contribution in [0.5, 0.6) is 0 Å². The molecule has 10 heteroatoms. The lowest BCUT2D eigenvalue weighted by Gasteiger charge is -2.19. The minimum atomic E-state index is -4.42. The van der Waals surface area contributed by atoms with Crippen molar-refractivity contribution >= 4 is 19.8 Å². The number of hydrogen-bond acceptors (Lipinski definition) is 8. The number of phosphoric acid groups is 1. The Morgan fingerprint density at radius 1 is 0.297 bits per heavy atom. The fraction of sp³-hybridized carbons (Fsp3) is 0.516. The molecule has 0 aliphatic carbocycles. The molecule has 0 saturated heterocycles. The summed E-state index contributed by atoms with van der Waals surface area (Å²) in [4.78, 5) is 35.4. The van der Waals surface area contributed by atoms with E-state index in [-0.39, 0.29) is 32.6 Å². The van der Waals surface area contributed by atoms with Gasteiger partial charge in [-0.25, -0.2) is 4.57 Å². The number of unbranched alkanes of at least 4 members (excludes halogenated alkanes) is 15. The highest BCUT2D eigenvalue weighted by Gasteiger charge is 2.26. The fourth-order valence-electron chi connectivity index (χ4n) is 9.73. The molecule has 0 aliphatic heterocycles. The second-order valence-electron chi connectivity index (χ2n) is 24.8. The maximum absolute atomic E-state index is 12.8. The number of hydrogen-bond donors (Lipinski definition) is 2. The Balaban J connectivity index is 4.02. The van der Waals surface area contributed by atoms with Gasteiger partial charge in [-0.05, 0) is 173 Å².